The maximum Gasteiger partial charge on any atom is 0.159 e. The first-order chi connectivity index (χ1) is 11.9. The second kappa shape index (κ2) is 6.89. The Labute approximate surface area is 142 Å². The number of pyridine rings is 1. The molecule has 0 spiro atoms. The smallest absolute Gasteiger partial charge is 0.159 e. The number of hydrogen-bond acceptors (Lipinski definition) is 4. The summed E-state index contributed by atoms with van der Waals surface area (Å²) >= 11 is 0. The third kappa shape index (κ3) is 3.05. The molecule has 3 aromatic rings. The number of piperidine rings is 1. The zero-order chi connectivity index (χ0) is 16.2. The molecule has 120 valence electrons. The van der Waals surface area contributed by atoms with Gasteiger partial charge < -0.3 is 5.32 Å². The number of hydrogen-bond donors (Lipinski definition) is 1. The van der Waals surface area contributed by atoms with E-state index in [2.05, 4.69) is 27.4 Å². The Hall–Kier alpha value is -2.59. The van der Waals surface area contributed by atoms with E-state index in [0.717, 1.165) is 47.7 Å². The van der Waals surface area contributed by atoms with E-state index in [0.29, 0.717) is 5.92 Å². The van der Waals surface area contributed by atoms with E-state index in [1.165, 1.54) is 6.42 Å². The molecule has 24 heavy (non-hydrogen) atoms. The second-order valence-electron chi connectivity index (χ2n) is 6.14. The SMILES string of the molecule is c1ccc(-c2ncc(-c3ccncc3)c(C3CCCNC3)n2)cc1. The largest absolute Gasteiger partial charge is 0.316 e. The molecule has 4 rings (SSSR count). The molecule has 3 heterocycles. The highest BCUT2D eigenvalue weighted by Gasteiger charge is 2.21. The van der Waals surface area contributed by atoms with Gasteiger partial charge in [-0.05, 0) is 37.1 Å². The molecule has 1 atom stereocenters. The molecule has 2 aromatic heterocycles. The minimum Gasteiger partial charge on any atom is -0.316 e. The van der Waals surface area contributed by atoms with Crippen LogP contribution in [0.4, 0.5) is 0 Å². The van der Waals surface area contributed by atoms with Crippen molar-refractivity contribution in [1.29, 1.82) is 0 Å². The second-order valence-corrected chi connectivity index (χ2v) is 6.14. The molecule has 0 bridgehead atoms. The number of nitrogens with zero attached hydrogens (tertiary/aromatic N) is 3. The fourth-order valence-electron chi connectivity index (χ4n) is 3.27. The van der Waals surface area contributed by atoms with Crippen molar-refractivity contribution in [2.75, 3.05) is 13.1 Å². The van der Waals surface area contributed by atoms with Gasteiger partial charge in [0, 0.05) is 42.2 Å². The molecular formula is C20H20N4. The van der Waals surface area contributed by atoms with Crippen LogP contribution in [0.2, 0.25) is 0 Å². The van der Waals surface area contributed by atoms with Crippen LogP contribution >= 0.6 is 0 Å². The van der Waals surface area contributed by atoms with Crippen LogP contribution in [0.25, 0.3) is 22.5 Å². The first-order valence-electron chi connectivity index (χ1n) is 8.45. The van der Waals surface area contributed by atoms with Gasteiger partial charge in [-0.15, -0.1) is 0 Å². The Morgan fingerprint density at radius 2 is 1.79 bits per heavy atom. The molecule has 0 aliphatic carbocycles. The van der Waals surface area contributed by atoms with Gasteiger partial charge in [0.15, 0.2) is 5.82 Å². The number of aromatic nitrogens is 3. The van der Waals surface area contributed by atoms with E-state index in [1.54, 1.807) is 0 Å². The summed E-state index contributed by atoms with van der Waals surface area (Å²) in [6.45, 7) is 2.07. The van der Waals surface area contributed by atoms with E-state index >= 15 is 0 Å². The van der Waals surface area contributed by atoms with Crippen molar-refractivity contribution in [3.05, 3.63) is 66.7 Å². The zero-order valence-corrected chi connectivity index (χ0v) is 13.5. The molecule has 1 saturated heterocycles. The predicted octanol–water partition coefficient (Wildman–Crippen LogP) is 3.67. The van der Waals surface area contributed by atoms with E-state index in [4.69, 9.17) is 4.98 Å². The standard InChI is InChI=1S/C20H20N4/c1-2-5-16(6-3-1)20-23-14-18(15-8-11-21-12-9-15)19(24-20)17-7-4-10-22-13-17/h1-3,5-6,8-9,11-12,14,17,22H,4,7,10,13H2. The fraction of sp³-hybridized carbons (Fsp3) is 0.250. The van der Waals surface area contributed by atoms with Crippen LogP contribution in [-0.2, 0) is 0 Å². The maximum atomic E-state index is 4.97. The van der Waals surface area contributed by atoms with Gasteiger partial charge in [0.2, 0.25) is 0 Å². The van der Waals surface area contributed by atoms with Gasteiger partial charge in [-0.2, -0.15) is 0 Å². The van der Waals surface area contributed by atoms with E-state index in [-0.39, 0.29) is 0 Å². The molecule has 1 fully saturated rings. The summed E-state index contributed by atoms with van der Waals surface area (Å²) in [5.41, 5.74) is 4.45. The van der Waals surface area contributed by atoms with Gasteiger partial charge in [-0.25, -0.2) is 9.97 Å². The van der Waals surface area contributed by atoms with Crippen molar-refractivity contribution in [2.45, 2.75) is 18.8 Å². The molecule has 1 unspecified atom stereocenters. The van der Waals surface area contributed by atoms with Crippen molar-refractivity contribution in [3.63, 3.8) is 0 Å². The van der Waals surface area contributed by atoms with E-state index < -0.39 is 0 Å². The molecular weight excluding hydrogens is 296 g/mol. The molecule has 1 N–H and O–H groups in total. The molecule has 0 radical (unpaired) electrons. The minimum absolute atomic E-state index is 0.423. The molecule has 1 aromatic carbocycles. The summed E-state index contributed by atoms with van der Waals surface area (Å²) in [6.07, 6.45) is 7.96. The summed E-state index contributed by atoms with van der Waals surface area (Å²) in [4.78, 5) is 13.7. The van der Waals surface area contributed by atoms with Gasteiger partial charge in [-0.3, -0.25) is 4.98 Å². The lowest BCUT2D eigenvalue weighted by molar-refractivity contribution is 0.455. The van der Waals surface area contributed by atoms with Gasteiger partial charge in [0.1, 0.15) is 0 Å². The van der Waals surface area contributed by atoms with Crippen molar-refractivity contribution in [1.82, 2.24) is 20.3 Å². The van der Waals surface area contributed by atoms with Gasteiger partial charge in [0.05, 0.1) is 5.69 Å². The van der Waals surface area contributed by atoms with Gasteiger partial charge >= 0.3 is 0 Å². The lowest BCUT2D eigenvalue weighted by Gasteiger charge is -2.24. The Morgan fingerprint density at radius 1 is 0.958 bits per heavy atom. The van der Waals surface area contributed by atoms with Crippen LogP contribution in [0.15, 0.2) is 61.1 Å². The fourth-order valence-corrected chi connectivity index (χ4v) is 3.27. The summed E-state index contributed by atoms with van der Waals surface area (Å²) < 4.78 is 0. The molecule has 4 heteroatoms. The van der Waals surface area contributed by atoms with Crippen LogP contribution < -0.4 is 5.32 Å². The number of nitrogens with one attached hydrogen (secondary N) is 1. The Morgan fingerprint density at radius 3 is 2.54 bits per heavy atom. The van der Waals surface area contributed by atoms with Crippen LogP contribution in [0.5, 0.6) is 0 Å². The molecule has 0 amide bonds. The highest BCUT2D eigenvalue weighted by molar-refractivity contribution is 5.67. The number of benzene rings is 1. The lowest BCUT2D eigenvalue weighted by atomic mass is 9.91. The first kappa shape index (κ1) is 15.0. The highest BCUT2D eigenvalue weighted by atomic mass is 14.9. The summed E-state index contributed by atoms with van der Waals surface area (Å²) in [5.74, 6) is 1.22. The average molecular weight is 316 g/mol. The van der Waals surface area contributed by atoms with Crippen molar-refractivity contribution in [2.24, 2.45) is 0 Å². The maximum absolute atomic E-state index is 4.97. The van der Waals surface area contributed by atoms with Gasteiger partial charge in [-0.1, -0.05) is 30.3 Å². The van der Waals surface area contributed by atoms with Crippen LogP contribution in [0.3, 0.4) is 0 Å². The average Bonchev–Trinajstić information content (AvgIpc) is 2.69. The van der Waals surface area contributed by atoms with Crippen molar-refractivity contribution >= 4 is 0 Å². The topological polar surface area (TPSA) is 50.7 Å². The first-order valence-corrected chi connectivity index (χ1v) is 8.45. The molecule has 4 nitrogen and oxygen atoms in total. The Kier molecular flexibility index (Phi) is 4.30. The normalized spacial score (nSPS) is 17.6. The molecule has 1 aliphatic rings. The van der Waals surface area contributed by atoms with Crippen LogP contribution in [0, 0.1) is 0 Å². The third-order valence-electron chi connectivity index (χ3n) is 4.53. The van der Waals surface area contributed by atoms with Crippen molar-refractivity contribution in [3.8, 4) is 22.5 Å². The van der Waals surface area contributed by atoms with E-state index in [9.17, 15) is 0 Å². The molecule has 0 saturated carbocycles. The monoisotopic (exact) mass is 316 g/mol. The Bertz CT molecular complexity index is 796. The summed E-state index contributed by atoms with van der Waals surface area (Å²) in [7, 11) is 0. The summed E-state index contributed by atoms with van der Waals surface area (Å²) in [6, 6.07) is 14.2. The quantitative estimate of drug-likeness (QED) is 0.801. The highest BCUT2D eigenvalue weighted by Crippen LogP contribution is 2.32. The zero-order valence-electron chi connectivity index (χ0n) is 13.5. The van der Waals surface area contributed by atoms with Crippen molar-refractivity contribution < 1.29 is 0 Å². The van der Waals surface area contributed by atoms with Crippen LogP contribution in [0.1, 0.15) is 24.5 Å². The Balaban J connectivity index is 1.81. The predicted molar refractivity (Wildman–Crippen MR) is 95.5 cm³/mol. The van der Waals surface area contributed by atoms with E-state index in [1.807, 2.05) is 48.9 Å². The molecule has 1 aliphatic heterocycles. The minimum atomic E-state index is 0.423. The third-order valence-corrected chi connectivity index (χ3v) is 4.53. The number of rotatable bonds is 3. The summed E-state index contributed by atoms with van der Waals surface area (Å²) in [5, 5.41) is 3.50. The lowest BCUT2D eigenvalue weighted by Crippen LogP contribution is -2.29. The van der Waals surface area contributed by atoms with Crippen LogP contribution in [-0.4, -0.2) is 28.0 Å². The van der Waals surface area contributed by atoms with Gasteiger partial charge in [0.25, 0.3) is 0 Å².